The van der Waals surface area contributed by atoms with E-state index in [1.807, 2.05) is 0 Å². The molecule has 1 aliphatic carbocycles. The molecule has 2 nitrogen and oxygen atoms in total. The van der Waals surface area contributed by atoms with Crippen molar-refractivity contribution in [3.8, 4) is 5.75 Å². The van der Waals surface area contributed by atoms with Gasteiger partial charge in [0.2, 0.25) is 0 Å². The van der Waals surface area contributed by atoms with Crippen molar-refractivity contribution in [1.82, 2.24) is 4.90 Å². The summed E-state index contributed by atoms with van der Waals surface area (Å²) in [4.78, 5) is 2.29. The maximum Gasteiger partial charge on any atom is 0.126 e. The summed E-state index contributed by atoms with van der Waals surface area (Å²) in [7, 11) is 3.92. The van der Waals surface area contributed by atoms with Gasteiger partial charge in [0.15, 0.2) is 0 Å². The van der Waals surface area contributed by atoms with Crippen molar-refractivity contribution in [3.05, 3.63) is 35.0 Å². The van der Waals surface area contributed by atoms with E-state index in [1.165, 1.54) is 36.0 Å². The molecule has 17 heavy (non-hydrogen) atoms. The maximum atomic E-state index is 5.51. The lowest BCUT2D eigenvalue weighted by Gasteiger charge is -2.28. The number of methoxy groups -OCH3 is 1. The molecular weight excluding hydrogens is 210 g/mol. The van der Waals surface area contributed by atoms with Crippen LogP contribution in [-0.4, -0.2) is 25.6 Å². The van der Waals surface area contributed by atoms with E-state index in [2.05, 4.69) is 36.4 Å². The summed E-state index contributed by atoms with van der Waals surface area (Å²) in [6, 6.07) is 4.37. The topological polar surface area (TPSA) is 12.5 Å². The lowest BCUT2D eigenvalue weighted by atomic mass is 9.80. The molecule has 90 valence electrons. The smallest absolute Gasteiger partial charge is 0.126 e. The lowest BCUT2D eigenvalue weighted by Crippen LogP contribution is -2.21. The number of hydrogen-bond acceptors (Lipinski definition) is 2. The largest absolute Gasteiger partial charge is 0.496 e. The summed E-state index contributed by atoms with van der Waals surface area (Å²) in [5.41, 5.74) is 4.37. The van der Waals surface area contributed by atoms with Crippen LogP contribution in [0.15, 0.2) is 18.3 Å². The number of likely N-dealkylation sites (N-methyl/N-ethyl adjacent to an activating group) is 1. The highest BCUT2D eigenvalue weighted by Gasteiger charge is 2.26. The van der Waals surface area contributed by atoms with Crippen LogP contribution in [0.3, 0.4) is 0 Å². The van der Waals surface area contributed by atoms with Gasteiger partial charge in [-0.2, -0.15) is 0 Å². The molecule has 0 fully saturated rings. The summed E-state index contributed by atoms with van der Waals surface area (Å²) >= 11 is 0. The fourth-order valence-electron chi connectivity index (χ4n) is 3.19. The van der Waals surface area contributed by atoms with Gasteiger partial charge in [0, 0.05) is 25.1 Å². The number of aryl methyl sites for hydroxylation is 1. The number of benzene rings is 1. The second-order valence-electron chi connectivity index (χ2n) is 5.10. The Labute approximate surface area is 103 Å². The molecule has 1 unspecified atom stereocenters. The molecular formula is C15H19NO. The summed E-state index contributed by atoms with van der Waals surface area (Å²) in [6.45, 7) is 1.13. The average molecular weight is 229 g/mol. The highest BCUT2D eigenvalue weighted by molar-refractivity contribution is 5.65. The van der Waals surface area contributed by atoms with E-state index in [0.29, 0.717) is 5.92 Å². The normalized spacial score (nSPS) is 22.0. The van der Waals surface area contributed by atoms with Gasteiger partial charge in [-0.25, -0.2) is 0 Å². The molecule has 2 heteroatoms. The predicted molar refractivity (Wildman–Crippen MR) is 70.3 cm³/mol. The molecule has 2 aliphatic rings. The molecule has 0 radical (unpaired) electrons. The highest BCUT2D eigenvalue weighted by atomic mass is 16.5. The van der Waals surface area contributed by atoms with Crippen LogP contribution in [-0.2, 0) is 6.42 Å². The van der Waals surface area contributed by atoms with Gasteiger partial charge in [0.1, 0.15) is 5.75 Å². The van der Waals surface area contributed by atoms with Crippen LogP contribution in [0.2, 0.25) is 0 Å². The second-order valence-corrected chi connectivity index (χ2v) is 5.10. The van der Waals surface area contributed by atoms with Crippen LogP contribution in [0.5, 0.6) is 5.75 Å². The minimum Gasteiger partial charge on any atom is -0.496 e. The Hall–Kier alpha value is -1.44. The van der Waals surface area contributed by atoms with Crippen LogP contribution in [0.1, 0.15) is 35.4 Å². The zero-order chi connectivity index (χ0) is 11.8. The lowest BCUT2D eigenvalue weighted by molar-refractivity contribution is 0.386. The van der Waals surface area contributed by atoms with Gasteiger partial charge in [0.05, 0.1) is 7.11 Å². The van der Waals surface area contributed by atoms with E-state index >= 15 is 0 Å². The van der Waals surface area contributed by atoms with Gasteiger partial charge >= 0.3 is 0 Å². The Morgan fingerprint density at radius 2 is 2.24 bits per heavy atom. The Bertz CT molecular complexity index is 464. The standard InChI is InChI=1S/C15H19NO/c1-16-9-8-13-14(17-2)7-6-11-4-3-5-12(10-16)15(11)13/h6-9,12H,3-5,10H2,1-2H3. The van der Waals surface area contributed by atoms with Gasteiger partial charge in [-0.15, -0.1) is 0 Å². The van der Waals surface area contributed by atoms with Crippen LogP contribution in [0.4, 0.5) is 0 Å². The summed E-state index contributed by atoms with van der Waals surface area (Å²) in [6.07, 6.45) is 8.23. The Balaban J connectivity index is 2.20. The summed E-state index contributed by atoms with van der Waals surface area (Å²) in [5.74, 6) is 1.69. The van der Waals surface area contributed by atoms with E-state index in [0.717, 1.165) is 12.3 Å². The Kier molecular flexibility index (Phi) is 2.58. The number of nitrogens with zero attached hydrogens (tertiary/aromatic N) is 1. The van der Waals surface area contributed by atoms with E-state index in [9.17, 15) is 0 Å². The third-order valence-corrected chi connectivity index (χ3v) is 3.97. The first kappa shape index (κ1) is 10.7. The number of rotatable bonds is 1. The molecule has 0 saturated heterocycles. The predicted octanol–water partition coefficient (Wildman–Crippen LogP) is 3.03. The number of hydrogen-bond donors (Lipinski definition) is 0. The third-order valence-electron chi connectivity index (χ3n) is 3.97. The van der Waals surface area contributed by atoms with Crippen molar-refractivity contribution >= 4 is 6.08 Å². The fourth-order valence-corrected chi connectivity index (χ4v) is 3.19. The first-order valence-electron chi connectivity index (χ1n) is 6.38. The number of ether oxygens (including phenoxy) is 1. The van der Waals surface area contributed by atoms with Crippen molar-refractivity contribution in [2.45, 2.75) is 25.2 Å². The molecule has 1 aliphatic heterocycles. The van der Waals surface area contributed by atoms with Gasteiger partial charge in [-0.05, 0) is 48.7 Å². The molecule has 0 saturated carbocycles. The fraction of sp³-hybridized carbons (Fsp3) is 0.467. The minimum absolute atomic E-state index is 0.670. The third kappa shape index (κ3) is 1.72. The Morgan fingerprint density at radius 3 is 3.06 bits per heavy atom. The molecule has 1 atom stereocenters. The zero-order valence-corrected chi connectivity index (χ0v) is 10.6. The molecule has 1 aromatic carbocycles. The monoisotopic (exact) mass is 229 g/mol. The molecule has 0 spiro atoms. The van der Waals surface area contributed by atoms with Crippen molar-refractivity contribution in [2.75, 3.05) is 20.7 Å². The van der Waals surface area contributed by atoms with Gasteiger partial charge in [0.25, 0.3) is 0 Å². The SMILES string of the molecule is COc1ccc2c3c1C=CN(C)CC3CCC2. The summed E-state index contributed by atoms with van der Waals surface area (Å²) < 4.78 is 5.51. The highest BCUT2D eigenvalue weighted by Crippen LogP contribution is 2.40. The van der Waals surface area contributed by atoms with E-state index in [-0.39, 0.29) is 0 Å². The summed E-state index contributed by atoms with van der Waals surface area (Å²) in [5, 5.41) is 0. The van der Waals surface area contributed by atoms with Crippen molar-refractivity contribution < 1.29 is 4.74 Å². The van der Waals surface area contributed by atoms with Gasteiger partial charge < -0.3 is 9.64 Å². The van der Waals surface area contributed by atoms with Crippen molar-refractivity contribution in [3.63, 3.8) is 0 Å². The van der Waals surface area contributed by atoms with Crippen molar-refractivity contribution in [2.24, 2.45) is 0 Å². The molecule has 0 amide bonds. The molecule has 0 aromatic heterocycles. The van der Waals surface area contributed by atoms with E-state index < -0.39 is 0 Å². The van der Waals surface area contributed by atoms with E-state index in [1.54, 1.807) is 7.11 Å². The Morgan fingerprint density at radius 1 is 1.35 bits per heavy atom. The zero-order valence-electron chi connectivity index (χ0n) is 10.6. The molecule has 0 N–H and O–H groups in total. The molecule has 1 aromatic rings. The maximum absolute atomic E-state index is 5.51. The van der Waals surface area contributed by atoms with Crippen molar-refractivity contribution in [1.29, 1.82) is 0 Å². The van der Waals surface area contributed by atoms with Gasteiger partial charge in [-0.3, -0.25) is 0 Å². The minimum atomic E-state index is 0.670. The second kappa shape index (κ2) is 4.10. The van der Waals surface area contributed by atoms with Crippen LogP contribution in [0, 0.1) is 0 Å². The first-order chi connectivity index (χ1) is 8.29. The first-order valence-corrected chi connectivity index (χ1v) is 6.38. The van der Waals surface area contributed by atoms with Crippen LogP contribution >= 0.6 is 0 Å². The quantitative estimate of drug-likeness (QED) is 0.734. The molecule has 1 heterocycles. The van der Waals surface area contributed by atoms with Gasteiger partial charge in [-0.1, -0.05) is 6.07 Å². The molecule has 3 rings (SSSR count). The average Bonchev–Trinajstić information content (AvgIpc) is 2.51. The van der Waals surface area contributed by atoms with Crippen LogP contribution < -0.4 is 4.74 Å². The van der Waals surface area contributed by atoms with Crippen LogP contribution in [0.25, 0.3) is 6.08 Å². The van der Waals surface area contributed by atoms with E-state index in [4.69, 9.17) is 4.74 Å². The molecule has 0 bridgehead atoms.